The van der Waals surface area contributed by atoms with E-state index >= 15 is 0 Å². The smallest absolute Gasteiger partial charge is 0.290 e. The number of hydrogen-bond donors (Lipinski definition) is 5. The molecule has 158 valence electrons. The lowest BCUT2D eigenvalue weighted by Crippen LogP contribution is -2.49. The molecule has 29 heavy (non-hydrogen) atoms. The van der Waals surface area contributed by atoms with Crippen LogP contribution in [-0.4, -0.2) is 67.6 Å². The average Bonchev–Trinajstić information content (AvgIpc) is 3.36. The number of carbonyl (C=O) groups is 3. The molecule has 2 aromatic heterocycles. The maximum atomic E-state index is 12.4. The fourth-order valence-corrected chi connectivity index (χ4v) is 3.76. The van der Waals surface area contributed by atoms with Crippen LogP contribution in [-0.2, 0) is 16.0 Å². The van der Waals surface area contributed by atoms with Gasteiger partial charge in [-0.05, 0) is 32.3 Å². The summed E-state index contributed by atoms with van der Waals surface area (Å²) < 4.78 is 0. The molecule has 1 aliphatic rings. The number of aliphatic hydroxyl groups is 1. The van der Waals surface area contributed by atoms with Gasteiger partial charge < -0.3 is 20.8 Å². The number of rotatable bonds is 6. The van der Waals surface area contributed by atoms with Crippen LogP contribution < -0.4 is 10.6 Å². The van der Waals surface area contributed by atoms with Crippen LogP contribution in [0.15, 0.2) is 12.3 Å². The highest BCUT2D eigenvalue weighted by molar-refractivity contribution is 7.11. The van der Waals surface area contributed by atoms with E-state index in [0.717, 1.165) is 10.0 Å². The van der Waals surface area contributed by atoms with Gasteiger partial charge in [0.05, 0.1) is 12.1 Å². The molecule has 0 radical (unpaired) electrons. The van der Waals surface area contributed by atoms with E-state index in [-0.39, 0.29) is 24.2 Å². The molecule has 0 aliphatic heterocycles. The predicted octanol–water partition coefficient (Wildman–Crippen LogP) is -0.111. The van der Waals surface area contributed by atoms with Crippen molar-refractivity contribution in [1.82, 2.24) is 31.0 Å². The number of amides is 2. The van der Waals surface area contributed by atoms with E-state index in [9.17, 15) is 14.7 Å². The van der Waals surface area contributed by atoms with Crippen LogP contribution in [0.5, 0.6) is 0 Å². The van der Waals surface area contributed by atoms with Crippen LogP contribution in [0.2, 0.25) is 0 Å². The summed E-state index contributed by atoms with van der Waals surface area (Å²) in [6.45, 7) is 2.14. The molecular formula is C17H24N6O5S. The number of carboxylic acid groups (broad SMARTS) is 1. The molecule has 0 saturated heterocycles. The normalized spacial score (nSPS) is 20.8. The van der Waals surface area contributed by atoms with Gasteiger partial charge in [0.25, 0.3) is 12.4 Å². The Kier molecular flexibility index (Phi) is 8.68. The summed E-state index contributed by atoms with van der Waals surface area (Å²) >= 11 is 1.52. The number of aromatic amines is 1. The van der Waals surface area contributed by atoms with Gasteiger partial charge in [0, 0.05) is 25.1 Å². The quantitative estimate of drug-likeness (QED) is 0.400. The minimum atomic E-state index is -0.657. The fourth-order valence-electron chi connectivity index (χ4n) is 3.05. The maximum Gasteiger partial charge on any atom is 0.290 e. The monoisotopic (exact) mass is 424 g/mol. The Morgan fingerprint density at radius 3 is 2.76 bits per heavy atom. The summed E-state index contributed by atoms with van der Waals surface area (Å²) in [7, 11) is 0. The molecule has 5 N–H and O–H groups in total. The summed E-state index contributed by atoms with van der Waals surface area (Å²) in [5, 5.41) is 38.9. The van der Waals surface area contributed by atoms with E-state index in [1.807, 2.05) is 6.92 Å². The van der Waals surface area contributed by atoms with Gasteiger partial charge in [0.2, 0.25) is 5.91 Å². The summed E-state index contributed by atoms with van der Waals surface area (Å²) in [6.07, 6.45) is 2.96. The van der Waals surface area contributed by atoms with Crippen molar-refractivity contribution in [2.75, 3.05) is 6.54 Å². The minimum Gasteiger partial charge on any atom is -0.483 e. The van der Waals surface area contributed by atoms with E-state index < -0.39 is 12.1 Å². The Labute approximate surface area is 170 Å². The number of nitrogens with one attached hydrogen (secondary N) is 3. The van der Waals surface area contributed by atoms with Crippen LogP contribution >= 0.6 is 11.3 Å². The second-order valence-electron chi connectivity index (χ2n) is 6.49. The Balaban J connectivity index is 0.000000941. The van der Waals surface area contributed by atoms with Gasteiger partial charge in [-0.3, -0.25) is 19.5 Å². The third-order valence-corrected chi connectivity index (χ3v) is 5.35. The van der Waals surface area contributed by atoms with Crippen molar-refractivity contribution >= 4 is 29.6 Å². The molecule has 0 bridgehead atoms. The van der Waals surface area contributed by atoms with Gasteiger partial charge in [-0.2, -0.15) is 5.10 Å². The first kappa shape index (κ1) is 22.4. The van der Waals surface area contributed by atoms with Crippen molar-refractivity contribution < 1.29 is 24.6 Å². The van der Waals surface area contributed by atoms with Crippen molar-refractivity contribution in [2.24, 2.45) is 5.92 Å². The Hall–Kier alpha value is -2.86. The number of aromatic nitrogens is 4. The van der Waals surface area contributed by atoms with Gasteiger partial charge in [-0.15, -0.1) is 21.5 Å². The topological polar surface area (TPSA) is 170 Å². The zero-order valence-electron chi connectivity index (χ0n) is 15.9. The molecule has 11 nitrogen and oxygen atoms in total. The van der Waals surface area contributed by atoms with Crippen LogP contribution in [0.1, 0.15) is 39.8 Å². The molecule has 2 heterocycles. The SMILES string of the molecule is Cc1nnc(CCNC(=O)[C@H]2CC[C@@H](O)[C@H](NC(=O)c3ccn[nH]3)C2)s1.O=CO. The maximum absolute atomic E-state index is 12.4. The van der Waals surface area contributed by atoms with Gasteiger partial charge in [-0.25, -0.2) is 0 Å². The van der Waals surface area contributed by atoms with Crippen molar-refractivity contribution in [2.45, 2.75) is 44.8 Å². The van der Waals surface area contributed by atoms with Crippen LogP contribution in [0.4, 0.5) is 0 Å². The lowest BCUT2D eigenvalue weighted by molar-refractivity contribution is -0.127. The third kappa shape index (κ3) is 6.91. The number of hydrogen-bond acceptors (Lipinski definition) is 8. The average molecular weight is 424 g/mol. The van der Waals surface area contributed by atoms with Crippen LogP contribution in [0.3, 0.4) is 0 Å². The molecule has 2 aromatic rings. The van der Waals surface area contributed by atoms with Gasteiger partial charge >= 0.3 is 0 Å². The van der Waals surface area contributed by atoms with Crippen LogP contribution in [0, 0.1) is 12.8 Å². The van der Waals surface area contributed by atoms with Gasteiger partial charge in [0.15, 0.2) is 0 Å². The van der Waals surface area contributed by atoms with Crippen molar-refractivity contribution in [3.63, 3.8) is 0 Å². The molecule has 2 amide bonds. The van der Waals surface area contributed by atoms with E-state index in [1.54, 1.807) is 6.07 Å². The highest BCUT2D eigenvalue weighted by atomic mass is 32.1. The van der Waals surface area contributed by atoms with E-state index in [2.05, 4.69) is 31.0 Å². The number of aryl methyl sites for hydroxylation is 1. The van der Waals surface area contributed by atoms with E-state index in [0.29, 0.717) is 37.9 Å². The number of H-pyrrole nitrogens is 1. The number of aliphatic hydroxyl groups excluding tert-OH is 1. The highest BCUT2D eigenvalue weighted by Gasteiger charge is 2.34. The van der Waals surface area contributed by atoms with Gasteiger partial charge in [0.1, 0.15) is 15.7 Å². The molecule has 0 unspecified atom stereocenters. The standard InChI is InChI=1S/C16H22N6O3S.CH2O2/c1-9-20-22-14(26-9)5-6-17-15(24)10-2-3-13(23)12(8-10)19-16(25)11-4-7-18-21-11;2-1-3/h4,7,10,12-13,23H,2-3,5-6,8H2,1H3,(H,17,24)(H,18,21)(H,19,25);1H,(H,2,3)/t10-,12+,13+;/m0./s1. The summed E-state index contributed by atoms with van der Waals surface area (Å²) in [5.41, 5.74) is 0.330. The van der Waals surface area contributed by atoms with E-state index in [4.69, 9.17) is 9.90 Å². The van der Waals surface area contributed by atoms with E-state index in [1.165, 1.54) is 17.5 Å². The molecule has 1 aliphatic carbocycles. The molecule has 12 heteroatoms. The van der Waals surface area contributed by atoms with Gasteiger partial charge in [-0.1, -0.05) is 0 Å². The van der Waals surface area contributed by atoms with Crippen LogP contribution in [0.25, 0.3) is 0 Å². The zero-order chi connectivity index (χ0) is 21.2. The lowest BCUT2D eigenvalue weighted by atomic mass is 9.83. The number of carbonyl (C=O) groups excluding carboxylic acids is 2. The third-order valence-electron chi connectivity index (χ3n) is 4.45. The lowest BCUT2D eigenvalue weighted by Gasteiger charge is -2.33. The zero-order valence-corrected chi connectivity index (χ0v) is 16.7. The predicted molar refractivity (Wildman–Crippen MR) is 103 cm³/mol. The Morgan fingerprint density at radius 2 is 2.14 bits per heavy atom. The second kappa shape index (κ2) is 11.2. The molecule has 3 rings (SSSR count). The van der Waals surface area contributed by atoms with Crippen molar-refractivity contribution in [1.29, 1.82) is 0 Å². The fraction of sp³-hybridized carbons (Fsp3) is 0.529. The summed E-state index contributed by atoms with van der Waals surface area (Å²) in [5.74, 6) is -0.625. The van der Waals surface area contributed by atoms with Crippen molar-refractivity contribution in [3.8, 4) is 0 Å². The summed E-state index contributed by atoms with van der Waals surface area (Å²) in [4.78, 5) is 32.9. The molecule has 1 fully saturated rings. The Bertz CT molecular complexity index is 796. The highest BCUT2D eigenvalue weighted by Crippen LogP contribution is 2.25. The first-order valence-corrected chi connectivity index (χ1v) is 9.89. The second-order valence-corrected chi connectivity index (χ2v) is 7.76. The minimum absolute atomic E-state index is 0.0565. The Morgan fingerprint density at radius 1 is 1.38 bits per heavy atom. The molecular weight excluding hydrogens is 400 g/mol. The molecule has 3 atom stereocenters. The first-order valence-electron chi connectivity index (χ1n) is 9.07. The molecule has 1 saturated carbocycles. The molecule has 0 spiro atoms. The number of nitrogens with zero attached hydrogens (tertiary/aromatic N) is 3. The van der Waals surface area contributed by atoms with Crippen molar-refractivity contribution in [3.05, 3.63) is 28.0 Å². The summed E-state index contributed by atoms with van der Waals surface area (Å²) in [6, 6.07) is 1.10. The first-order chi connectivity index (χ1) is 13.9. The molecule has 0 aromatic carbocycles. The largest absolute Gasteiger partial charge is 0.483 e.